The number of hydrogen-bond donors (Lipinski definition) is 1. The molecule has 2 aromatic rings. The largest absolute Gasteiger partial charge is 0.352 e. The predicted octanol–water partition coefficient (Wildman–Crippen LogP) is 3.33. The smallest absolute Gasteiger partial charge is 0.194 e. The van der Waals surface area contributed by atoms with Crippen molar-refractivity contribution in [1.82, 2.24) is 14.8 Å². The maximum Gasteiger partial charge on any atom is 0.194 e. The predicted molar refractivity (Wildman–Crippen MR) is 116 cm³/mol. The molecular formula is C20H29ClN4O2S. The van der Waals surface area contributed by atoms with Gasteiger partial charge in [-0.25, -0.2) is 8.42 Å². The van der Waals surface area contributed by atoms with E-state index in [9.17, 15) is 8.42 Å². The summed E-state index contributed by atoms with van der Waals surface area (Å²) >= 11 is 6.08. The van der Waals surface area contributed by atoms with E-state index in [4.69, 9.17) is 11.6 Å². The summed E-state index contributed by atoms with van der Waals surface area (Å²) in [7, 11) is 0.498. The van der Waals surface area contributed by atoms with Gasteiger partial charge in [-0.1, -0.05) is 36.7 Å². The van der Waals surface area contributed by atoms with E-state index in [-0.39, 0.29) is 11.8 Å². The highest BCUT2D eigenvalue weighted by Crippen LogP contribution is 2.15. The third-order valence-corrected chi connectivity index (χ3v) is 6.53. The molecule has 0 amide bonds. The highest BCUT2D eigenvalue weighted by atomic mass is 35.5. The number of nitrogens with one attached hydrogen (secondary N) is 1. The van der Waals surface area contributed by atoms with Gasteiger partial charge in [0.25, 0.3) is 0 Å². The quantitative estimate of drug-likeness (QED) is 0.521. The lowest BCUT2D eigenvalue weighted by Gasteiger charge is -2.27. The fraction of sp³-hybridized carbons (Fsp3) is 0.450. The summed E-state index contributed by atoms with van der Waals surface area (Å²) in [6.07, 6.45) is 2.52. The first kappa shape index (κ1) is 22.3. The number of nitrogens with zero attached hydrogens (tertiary/aromatic N) is 3. The molecule has 6 nitrogen and oxygen atoms in total. The van der Waals surface area contributed by atoms with Crippen molar-refractivity contribution in [2.24, 2.45) is 12.0 Å². The molecule has 0 saturated carbocycles. The molecule has 0 saturated heterocycles. The fourth-order valence-corrected chi connectivity index (χ4v) is 4.79. The molecule has 0 aliphatic carbocycles. The van der Waals surface area contributed by atoms with Crippen LogP contribution in [0.4, 0.5) is 0 Å². The Hall–Kier alpha value is -1.99. The molecular weight excluding hydrogens is 396 g/mol. The number of aryl methyl sites for hydroxylation is 1. The van der Waals surface area contributed by atoms with Crippen LogP contribution >= 0.6 is 11.6 Å². The minimum Gasteiger partial charge on any atom is -0.352 e. The number of halogens is 1. The van der Waals surface area contributed by atoms with Crippen LogP contribution in [0.25, 0.3) is 0 Å². The van der Waals surface area contributed by atoms with Gasteiger partial charge in [0.05, 0.1) is 22.2 Å². The summed E-state index contributed by atoms with van der Waals surface area (Å²) in [6.45, 7) is 5.13. The summed E-state index contributed by atoms with van der Waals surface area (Å²) in [5, 5.41) is 4.02. The van der Waals surface area contributed by atoms with Gasteiger partial charge in [-0.2, -0.15) is 0 Å². The molecule has 1 heterocycles. The standard InChI is InChI=1S/C20H29ClN4O2S/c1-5-17(15-28(26,27)19-10-8-7-9-11-19)23-20(22-6-2)25(4)14-18-12-16(21)13-24(18)3/h7-13,17H,5-6,14-15H2,1-4H3,(H,22,23). The Kier molecular flexibility index (Phi) is 7.95. The topological polar surface area (TPSA) is 66.7 Å². The number of sulfone groups is 1. The second kappa shape index (κ2) is 9.98. The van der Waals surface area contributed by atoms with Gasteiger partial charge in [0.2, 0.25) is 0 Å². The van der Waals surface area contributed by atoms with Gasteiger partial charge in [-0.05, 0) is 31.5 Å². The normalized spacial score (nSPS) is 13.4. The third kappa shape index (κ3) is 6.01. The molecule has 0 spiro atoms. The molecule has 1 atom stereocenters. The lowest BCUT2D eigenvalue weighted by Crippen LogP contribution is -2.46. The van der Waals surface area contributed by atoms with Crippen molar-refractivity contribution in [1.29, 1.82) is 0 Å². The maximum absolute atomic E-state index is 12.7. The van der Waals surface area contributed by atoms with E-state index in [0.29, 0.717) is 35.4 Å². The summed E-state index contributed by atoms with van der Waals surface area (Å²) in [5.74, 6) is 0.690. The lowest BCUT2D eigenvalue weighted by molar-refractivity contribution is 0.447. The van der Waals surface area contributed by atoms with Crippen molar-refractivity contribution in [2.45, 2.75) is 37.8 Å². The zero-order valence-electron chi connectivity index (χ0n) is 16.9. The van der Waals surface area contributed by atoms with Crippen molar-refractivity contribution in [3.8, 4) is 0 Å². The van der Waals surface area contributed by atoms with Crippen LogP contribution < -0.4 is 5.32 Å². The van der Waals surface area contributed by atoms with Crippen molar-refractivity contribution >= 4 is 27.4 Å². The van der Waals surface area contributed by atoms with E-state index in [2.05, 4.69) is 10.3 Å². The molecule has 1 aromatic carbocycles. The van der Waals surface area contributed by atoms with Crippen LogP contribution in [0.5, 0.6) is 0 Å². The zero-order valence-corrected chi connectivity index (χ0v) is 18.5. The molecule has 28 heavy (non-hydrogen) atoms. The second-order valence-electron chi connectivity index (χ2n) is 6.76. The van der Waals surface area contributed by atoms with Gasteiger partial charge < -0.3 is 14.8 Å². The minimum absolute atomic E-state index is 0.0140. The average Bonchev–Trinajstić information content (AvgIpc) is 2.98. The van der Waals surface area contributed by atoms with Crippen molar-refractivity contribution in [3.63, 3.8) is 0 Å². The molecule has 0 aliphatic rings. The highest BCUT2D eigenvalue weighted by Gasteiger charge is 2.22. The third-order valence-electron chi connectivity index (χ3n) is 4.49. The molecule has 0 bridgehead atoms. The molecule has 0 aliphatic heterocycles. The number of benzene rings is 1. The van der Waals surface area contributed by atoms with Crippen LogP contribution in [0.1, 0.15) is 26.0 Å². The number of aliphatic imine (C=N–C) groups is 1. The summed E-state index contributed by atoms with van der Waals surface area (Å²) in [5.41, 5.74) is 1.04. The van der Waals surface area contributed by atoms with E-state index in [1.165, 1.54) is 0 Å². The number of rotatable bonds is 8. The number of aromatic nitrogens is 1. The van der Waals surface area contributed by atoms with Crippen molar-refractivity contribution in [3.05, 3.63) is 53.3 Å². The lowest BCUT2D eigenvalue weighted by atomic mass is 10.2. The van der Waals surface area contributed by atoms with Gasteiger partial charge in [-0.15, -0.1) is 0 Å². The van der Waals surface area contributed by atoms with Crippen LogP contribution in [-0.2, 0) is 23.4 Å². The minimum atomic E-state index is -3.38. The van der Waals surface area contributed by atoms with E-state index in [1.54, 1.807) is 24.3 Å². The highest BCUT2D eigenvalue weighted by molar-refractivity contribution is 7.91. The average molecular weight is 425 g/mol. The van der Waals surface area contributed by atoms with E-state index in [1.807, 2.05) is 55.7 Å². The Labute approximate surface area is 173 Å². The SMILES string of the molecule is CCN=C(NC(CC)CS(=O)(=O)c1ccccc1)N(C)Cc1cc(Cl)cn1C. The number of guanidine groups is 1. The van der Waals surface area contributed by atoms with Crippen LogP contribution in [0, 0.1) is 0 Å². The Bertz CT molecular complexity index is 894. The zero-order chi connectivity index (χ0) is 20.7. The van der Waals surface area contributed by atoms with Gasteiger partial charge >= 0.3 is 0 Å². The monoisotopic (exact) mass is 424 g/mol. The van der Waals surface area contributed by atoms with E-state index < -0.39 is 9.84 Å². The first-order valence-electron chi connectivity index (χ1n) is 9.37. The first-order valence-corrected chi connectivity index (χ1v) is 11.4. The first-order chi connectivity index (χ1) is 13.3. The fourth-order valence-electron chi connectivity index (χ4n) is 2.90. The molecule has 8 heteroatoms. The summed E-state index contributed by atoms with van der Waals surface area (Å²) < 4.78 is 27.4. The van der Waals surface area contributed by atoms with Gasteiger partial charge in [0.15, 0.2) is 15.8 Å². The molecule has 2 rings (SSSR count). The Morgan fingerprint density at radius 3 is 2.50 bits per heavy atom. The summed E-state index contributed by atoms with van der Waals surface area (Å²) in [4.78, 5) is 6.86. The van der Waals surface area contributed by atoms with Crippen molar-refractivity contribution in [2.75, 3.05) is 19.3 Å². The molecule has 1 unspecified atom stereocenters. The van der Waals surface area contributed by atoms with E-state index >= 15 is 0 Å². The Morgan fingerprint density at radius 1 is 1.29 bits per heavy atom. The van der Waals surface area contributed by atoms with Crippen LogP contribution in [0.2, 0.25) is 5.02 Å². The summed E-state index contributed by atoms with van der Waals surface area (Å²) in [6, 6.07) is 10.2. The van der Waals surface area contributed by atoms with Gasteiger partial charge in [0.1, 0.15) is 0 Å². The number of hydrogen-bond acceptors (Lipinski definition) is 3. The van der Waals surface area contributed by atoms with Crippen LogP contribution in [0.15, 0.2) is 52.5 Å². The molecule has 1 N–H and O–H groups in total. The van der Waals surface area contributed by atoms with Crippen LogP contribution in [0.3, 0.4) is 0 Å². The molecule has 154 valence electrons. The van der Waals surface area contributed by atoms with Crippen LogP contribution in [-0.4, -0.2) is 49.2 Å². The Morgan fingerprint density at radius 2 is 1.96 bits per heavy atom. The molecule has 1 aromatic heterocycles. The van der Waals surface area contributed by atoms with E-state index in [0.717, 1.165) is 5.69 Å². The molecule has 0 fully saturated rings. The van der Waals surface area contributed by atoms with Gasteiger partial charge in [-0.3, -0.25) is 4.99 Å². The van der Waals surface area contributed by atoms with Crippen molar-refractivity contribution < 1.29 is 8.42 Å². The second-order valence-corrected chi connectivity index (χ2v) is 9.23. The Balaban J connectivity index is 2.12. The maximum atomic E-state index is 12.7. The molecule has 0 radical (unpaired) electrons. The van der Waals surface area contributed by atoms with Gasteiger partial charge in [0, 0.05) is 38.6 Å².